The SMILES string of the molecule is CCOCn1cc(COC2O[C@@H](Cn3cc(CO[C@@H]4O[C@@H](Cn5cc(COCc6cn(C[C@@H]7O[C@](CCl)(O[C@@H]8O[C@@H](CC)[C@H](Cl)[C@H](OC(C)=O)[C@@H]8OC(C)=O)[C@H](OC(C)=O)[C@H]7C)nn6)nn5)[C@H](OC(=O)c5ccccc5)[C@@H](OC(=O)c5ccccc5)[C@@H]4C)nn3)[C@H](OC(=O)c3ccccc3)[C@@H](OC(=O)c3ccccc3)[C@@H]2C)nn1. The van der Waals surface area contributed by atoms with Crippen molar-refractivity contribution in [3.8, 4) is 0 Å². The lowest BCUT2D eigenvalue weighted by molar-refractivity contribution is -0.358. The van der Waals surface area contributed by atoms with Crippen LogP contribution in [0, 0.1) is 17.8 Å². The number of aromatic nitrogens is 12. The molecule has 8 aromatic rings. The Morgan fingerprint density at radius 3 is 1.18 bits per heavy atom. The molecule has 4 aliphatic heterocycles. The fourth-order valence-corrected chi connectivity index (χ4v) is 14.4. The van der Waals surface area contributed by atoms with Gasteiger partial charge in [-0.05, 0) is 61.9 Å². The summed E-state index contributed by atoms with van der Waals surface area (Å²) in [6, 6.07) is 33.3. The third kappa shape index (κ3) is 20.9. The summed E-state index contributed by atoms with van der Waals surface area (Å²) >= 11 is 13.5. The van der Waals surface area contributed by atoms with Gasteiger partial charge in [0, 0.05) is 45.1 Å². The van der Waals surface area contributed by atoms with Crippen LogP contribution >= 0.6 is 23.2 Å². The summed E-state index contributed by atoms with van der Waals surface area (Å²) in [5, 5.41) is 33.7. The van der Waals surface area contributed by atoms with Gasteiger partial charge in [-0.2, -0.15) is 0 Å². The van der Waals surface area contributed by atoms with Crippen LogP contribution in [-0.2, 0) is 143 Å². The second-order valence-corrected chi connectivity index (χ2v) is 28.5. The van der Waals surface area contributed by atoms with Gasteiger partial charge in [0.05, 0.1) is 111 Å². The Bertz CT molecular complexity index is 4510. The minimum absolute atomic E-state index is 0.0384. The van der Waals surface area contributed by atoms with E-state index in [0.29, 0.717) is 30.1 Å². The van der Waals surface area contributed by atoms with Gasteiger partial charge >= 0.3 is 41.8 Å². The Balaban J connectivity index is 0.749. The molecular formula is C77H88Cl2N12O23. The first-order valence-electron chi connectivity index (χ1n) is 37.1. The van der Waals surface area contributed by atoms with E-state index in [9.17, 15) is 33.6 Å². The summed E-state index contributed by atoms with van der Waals surface area (Å²) in [6.45, 7) is 12.4. The highest BCUT2D eigenvalue weighted by molar-refractivity contribution is 6.21. The van der Waals surface area contributed by atoms with Crippen LogP contribution < -0.4 is 0 Å². The molecule has 4 saturated heterocycles. The van der Waals surface area contributed by atoms with E-state index in [2.05, 4.69) is 41.2 Å². The lowest BCUT2D eigenvalue weighted by atomic mass is 9.91. The van der Waals surface area contributed by atoms with Crippen LogP contribution in [0.2, 0.25) is 0 Å². The standard InChI is InChI=1S/C77H88Cl2N12O23/c1-9-58-62(79)67(103-47(6)92)68(104-48(7)93)76(106-58)114-77(42-78)69(105-49(8)94)44(3)59(113-77)35-88-31-54(80-84-88)38-100-39-55-32-89(85-81-55)36-60-65(111-72(97)52-27-19-13-20-28-52)63(109-70(95)50-23-15-11-16-24-50)45(4)74(107-60)101-40-56-33-90(86-82-56)37-61-66(112-73(98)53-29-21-14-22-30-53)64(110-71(96)51-25-17-12-18-26-51)46(5)75(108-61)102-41-57-34-91(87-83-57)43-99-10-2/h11-34,44-46,58-69,74-76H,9-10,35-43H2,1-8H3/t44-,45-,46-,58-,59-,60-,61-,62-,63-,64-,65-,66-,67-,68-,69+,74+,75?,76-,77+/m0/s1. The fourth-order valence-electron chi connectivity index (χ4n) is 13.7. The maximum absolute atomic E-state index is 14.2. The molecule has 12 rings (SSSR count). The number of halogens is 2. The predicted molar refractivity (Wildman–Crippen MR) is 392 cm³/mol. The van der Waals surface area contributed by atoms with E-state index >= 15 is 0 Å². The van der Waals surface area contributed by atoms with Gasteiger partial charge in [-0.25, -0.2) is 37.9 Å². The molecule has 114 heavy (non-hydrogen) atoms. The normalized spacial score (nSPS) is 27.4. The molecule has 1 unspecified atom stereocenters. The molecule has 0 bridgehead atoms. The van der Waals surface area contributed by atoms with E-state index in [1.165, 1.54) is 32.6 Å². The largest absolute Gasteiger partial charge is 0.457 e. The van der Waals surface area contributed by atoms with Crippen LogP contribution in [0.4, 0.5) is 0 Å². The maximum atomic E-state index is 14.2. The first-order valence-corrected chi connectivity index (χ1v) is 38.1. The number of hydrogen-bond acceptors (Lipinski definition) is 31. The van der Waals surface area contributed by atoms with Crippen molar-refractivity contribution in [3.05, 3.63) is 191 Å². The molecule has 0 saturated carbocycles. The number of alkyl halides is 2. The summed E-state index contributed by atoms with van der Waals surface area (Å²) < 4.78 is 106. The topological polar surface area (TPSA) is 390 Å². The molecule has 0 aliphatic carbocycles. The van der Waals surface area contributed by atoms with Gasteiger partial charge < -0.3 is 75.8 Å². The van der Waals surface area contributed by atoms with Gasteiger partial charge in [-0.1, -0.05) is 121 Å². The highest BCUT2D eigenvalue weighted by atomic mass is 35.5. The van der Waals surface area contributed by atoms with Crippen LogP contribution in [0.25, 0.3) is 0 Å². The molecule has 19 atom stereocenters. The second-order valence-electron chi connectivity index (χ2n) is 27.7. The molecule has 35 nitrogen and oxygen atoms in total. The van der Waals surface area contributed by atoms with Crippen molar-refractivity contribution in [1.29, 1.82) is 0 Å². The van der Waals surface area contributed by atoms with Crippen molar-refractivity contribution >= 4 is 65.0 Å². The third-order valence-corrected chi connectivity index (χ3v) is 20.2. The van der Waals surface area contributed by atoms with Crippen LogP contribution in [-0.4, -0.2) is 211 Å². The maximum Gasteiger partial charge on any atom is 0.338 e. The van der Waals surface area contributed by atoms with Crippen LogP contribution in [0.5, 0.6) is 0 Å². The van der Waals surface area contributed by atoms with Gasteiger partial charge in [0.25, 0.3) is 0 Å². The Morgan fingerprint density at radius 2 is 0.789 bits per heavy atom. The molecule has 0 N–H and O–H groups in total. The van der Waals surface area contributed by atoms with Crippen molar-refractivity contribution in [1.82, 2.24) is 60.0 Å². The Hall–Kier alpha value is -10.1. The zero-order chi connectivity index (χ0) is 80.6. The smallest absolute Gasteiger partial charge is 0.338 e. The third-order valence-electron chi connectivity index (χ3n) is 19.3. The van der Waals surface area contributed by atoms with E-state index in [4.69, 9.17) is 99.0 Å². The molecule has 8 heterocycles. The van der Waals surface area contributed by atoms with E-state index < -0.39 is 163 Å². The molecule has 4 aliphatic rings. The number of nitrogens with zero attached hydrogens (tertiary/aromatic N) is 12. The van der Waals surface area contributed by atoms with Gasteiger partial charge in [-0.15, -0.1) is 43.6 Å². The Labute approximate surface area is 664 Å². The molecule has 4 fully saturated rings. The van der Waals surface area contributed by atoms with Gasteiger partial charge in [0.1, 0.15) is 59.3 Å². The van der Waals surface area contributed by atoms with Gasteiger partial charge in [-0.3, -0.25) is 14.4 Å². The minimum atomic E-state index is -1.91. The van der Waals surface area contributed by atoms with Gasteiger partial charge in [0.15, 0.2) is 43.1 Å². The van der Waals surface area contributed by atoms with E-state index in [0.717, 1.165) is 6.92 Å². The average Bonchev–Trinajstić information content (AvgIpc) is 1.70. The first-order chi connectivity index (χ1) is 55.0. The summed E-state index contributed by atoms with van der Waals surface area (Å²) in [5.41, 5.74) is 2.40. The van der Waals surface area contributed by atoms with Crippen molar-refractivity contribution in [2.45, 2.75) is 212 Å². The lowest BCUT2D eigenvalue weighted by Crippen LogP contribution is -2.62. The van der Waals surface area contributed by atoms with Crippen molar-refractivity contribution in [3.63, 3.8) is 0 Å². The van der Waals surface area contributed by atoms with Crippen LogP contribution in [0.1, 0.15) is 126 Å². The molecule has 4 aromatic heterocycles. The molecule has 37 heteroatoms. The van der Waals surface area contributed by atoms with Crippen molar-refractivity contribution in [2.24, 2.45) is 17.8 Å². The summed E-state index contributed by atoms with van der Waals surface area (Å²) in [7, 11) is 0. The number of carbonyl (C=O) groups is 7. The first kappa shape index (κ1) is 83.4. The predicted octanol–water partition coefficient (Wildman–Crippen LogP) is 7.35. The number of rotatable bonds is 34. The summed E-state index contributed by atoms with van der Waals surface area (Å²) in [4.78, 5) is 94.1. The van der Waals surface area contributed by atoms with Crippen molar-refractivity contribution < 1.29 is 109 Å². The van der Waals surface area contributed by atoms with Gasteiger partial charge in [0.2, 0.25) is 12.1 Å². The van der Waals surface area contributed by atoms with Crippen LogP contribution in [0.15, 0.2) is 146 Å². The molecule has 0 spiro atoms. The monoisotopic (exact) mass is 1620 g/mol. The van der Waals surface area contributed by atoms with E-state index in [-0.39, 0.29) is 80.7 Å². The number of benzene rings is 4. The Kier molecular flexibility index (Phi) is 28.4. The number of hydrogen-bond donors (Lipinski definition) is 0. The molecule has 608 valence electrons. The second kappa shape index (κ2) is 38.9. The highest BCUT2D eigenvalue weighted by Gasteiger charge is 2.61. The molecule has 0 radical (unpaired) electrons. The van der Waals surface area contributed by atoms with Crippen LogP contribution in [0.3, 0.4) is 0 Å². The quantitative estimate of drug-likeness (QED) is 0.0216. The zero-order valence-corrected chi connectivity index (χ0v) is 65.1. The van der Waals surface area contributed by atoms with E-state index in [1.807, 2.05) is 6.92 Å². The Morgan fingerprint density at radius 1 is 0.421 bits per heavy atom. The molecule has 4 aromatic carbocycles. The average molecular weight is 1620 g/mol. The zero-order valence-electron chi connectivity index (χ0n) is 63.5. The minimum Gasteiger partial charge on any atom is -0.457 e. The van der Waals surface area contributed by atoms with Crippen molar-refractivity contribution in [2.75, 3.05) is 12.5 Å². The molecular weight excluding hydrogens is 1530 g/mol. The number of esters is 7. The highest BCUT2D eigenvalue weighted by Crippen LogP contribution is 2.44. The van der Waals surface area contributed by atoms with E-state index in [1.54, 1.807) is 174 Å². The molecule has 0 amide bonds. The number of carbonyl (C=O) groups excluding carboxylic acids is 7. The summed E-state index contributed by atoms with van der Waals surface area (Å²) in [6.07, 6.45) is -9.43. The lowest BCUT2D eigenvalue weighted by Gasteiger charge is -2.45. The number of ether oxygens (including phenoxy) is 16. The summed E-state index contributed by atoms with van der Waals surface area (Å²) in [5.74, 6) is -9.49. The fraction of sp³-hybridized carbons (Fsp3) is 0.494.